The van der Waals surface area contributed by atoms with Gasteiger partial charge < -0.3 is 0 Å². The van der Waals surface area contributed by atoms with Gasteiger partial charge in [-0.1, -0.05) is 141 Å². The maximum absolute atomic E-state index is 7.13. The molecule has 0 amide bonds. The molecule has 0 saturated heterocycles. The van der Waals surface area contributed by atoms with Crippen LogP contribution in [0.15, 0.2) is 29.1 Å². The third kappa shape index (κ3) is 11.7. The van der Waals surface area contributed by atoms with E-state index in [0.29, 0.717) is 0 Å². The van der Waals surface area contributed by atoms with Crippen molar-refractivity contribution >= 4 is 68.9 Å². The summed E-state index contributed by atoms with van der Waals surface area (Å²) in [6.45, 7) is 4.58. The standard InChI is InChI=1S/C38H56Cl2N2S3/c1-3-5-7-9-11-13-15-17-19-21-23-30-25-33(43-28-30)35-37-32(27-41-45-37)36(42(40)38(35)39)34-26-31(29-44-34)24-22-20-18-16-14-12-10-8-6-4-2/h25-29,38H,3-24H2,1-2H3. The van der Waals surface area contributed by atoms with Gasteiger partial charge in [0.15, 0.2) is 0 Å². The molecule has 0 fully saturated rings. The Balaban J connectivity index is 1.29. The monoisotopic (exact) mass is 706 g/mol. The van der Waals surface area contributed by atoms with Gasteiger partial charge in [-0.2, -0.15) is 4.37 Å². The SMILES string of the molecule is CCCCCCCCCCCCc1csc(C2=c3cnsc3=C(c3cc(CCCCCCCCCCCC)cs3)C(Cl)N2Cl)c1. The van der Waals surface area contributed by atoms with Crippen LogP contribution in [0.5, 0.6) is 0 Å². The third-order valence-corrected chi connectivity index (χ3v) is 12.9. The second kappa shape index (κ2) is 21.2. The van der Waals surface area contributed by atoms with E-state index in [9.17, 15) is 0 Å². The molecule has 45 heavy (non-hydrogen) atoms. The van der Waals surface area contributed by atoms with Crippen molar-refractivity contribution < 1.29 is 0 Å². The number of alkyl halides is 1. The number of fused-ring (bicyclic) bond motifs is 1. The van der Waals surface area contributed by atoms with Gasteiger partial charge in [-0.05, 0) is 71.2 Å². The zero-order chi connectivity index (χ0) is 31.7. The van der Waals surface area contributed by atoms with Gasteiger partial charge in [-0.25, -0.2) is 0 Å². The fourth-order valence-corrected chi connectivity index (χ4v) is 10.1. The first-order valence-electron chi connectivity index (χ1n) is 18.1. The number of rotatable bonds is 24. The lowest BCUT2D eigenvalue weighted by molar-refractivity contribution is 0.556. The Morgan fingerprint density at radius 1 is 0.644 bits per heavy atom. The van der Waals surface area contributed by atoms with Crippen LogP contribution < -0.4 is 9.75 Å². The highest BCUT2D eigenvalue weighted by molar-refractivity contribution is 7.12. The van der Waals surface area contributed by atoms with E-state index in [0.717, 1.165) is 29.3 Å². The second-order valence-corrected chi connectivity index (χ2v) is 16.4. The average Bonchev–Trinajstić information content (AvgIpc) is 3.82. The minimum atomic E-state index is -0.425. The summed E-state index contributed by atoms with van der Waals surface area (Å²) < 4.78 is 7.54. The van der Waals surface area contributed by atoms with Crippen molar-refractivity contribution in [3.05, 3.63) is 59.7 Å². The van der Waals surface area contributed by atoms with Gasteiger partial charge in [0.1, 0.15) is 5.50 Å². The van der Waals surface area contributed by atoms with Crippen LogP contribution in [-0.4, -0.2) is 14.3 Å². The molecule has 250 valence electrons. The molecule has 0 aliphatic carbocycles. The summed E-state index contributed by atoms with van der Waals surface area (Å²) in [5, 5.41) is 5.73. The predicted molar refractivity (Wildman–Crippen MR) is 203 cm³/mol. The molecule has 0 saturated carbocycles. The molecule has 1 aliphatic rings. The van der Waals surface area contributed by atoms with Gasteiger partial charge in [0.05, 0.1) is 21.3 Å². The van der Waals surface area contributed by atoms with Gasteiger partial charge >= 0.3 is 0 Å². The minimum Gasteiger partial charge on any atom is -0.261 e. The summed E-state index contributed by atoms with van der Waals surface area (Å²) in [5.74, 6) is 0. The van der Waals surface area contributed by atoms with Crippen molar-refractivity contribution in [3.8, 4) is 0 Å². The minimum absolute atomic E-state index is 0.425. The smallest absolute Gasteiger partial charge is 0.147 e. The predicted octanol–water partition coefficient (Wildman–Crippen LogP) is 12.6. The van der Waals surface area contributed by atoms with E-state index >= 15 is 0 Å². The van der Waals surface area contributed by atoms with Crippen molar-refractivity contribution in [1.82, 2.24) is 8.79 Å². The summed E-state index contributed by atoms with van der Waals surface area (Å²) in [4.78, 5) is 2.41. The number of hydrogen-bond acceptors (Lipinski definition) is 5. The van der Waals surface area contributed by atoms with Crippen molar-refractivity contribution in [3.63, 3.8) is 0 Å². The maximum atomic E-state index is 7.13. The van der Waals surface area contributed by atoms with Crippen molar-refractivity contribution in [2.24, 2.45) is 0 Å². The number of halogens is 2. The molecule has 0 spiro atoms. The molecule has 4 heterocycles. The highest BCUT2D eigenvalue weighted by Gasteiger charge is 2.31. The maximum Gasteiger partial charge on any atom is 0.147 e. The number of unbranched alkanes of at least 4 members (excludes halogenated alkanes) is 18. The van der Waals surface area contributed by atoms with E-state index in [-0.39, 0.29) is 0 Å². The number of thiophene rings is 2. The molecule has 2 nitrogen and oxygen atoms in total. The lowest BCUT2D eigenvalue weighted by atomic mass is 10.0. The first kappa shape index (κ1) is 37.0. The number of aromatic nitrogens is 1. The Morgan fingerprint density at radius 2 is 1.09 bits per heavy atom. The van der Waals surface area contributed by atoms with Gasteiger partial charge in [-0.15, -0.1) is 22.7 Å². The van der Waals surface area contributed by atoms with Crippen LogP contribution in [0.2, 0.25) is 0 Å². The molecular weight excluding hydrogens is 652 g/mol. The second-order valence-electron chi connectivity index (χ2n) is 13.0. The first-order chi connectivity index (χ1) is 22.1. The van der Waals surface area contributed by atoms with Crippen LogP contribution in [-0.2, 0) is 12.8 Å². The van der Waals surface area contributed by atoms with Crippen LogP contribution >= 0.6 is 57.6 Å². The topological polar surface area (TPSA) is 16.1 Å². The Bertz CT molecular complexity index is 1260. The molecular formula is C38H56Cl2N2S3. The summed E-state index contributed by atoms with van der Waals surface area (Å²) in [7, 11) is 0. The molecule has 3 aromatic rings. The van der Waals surface area contributed by atoms with E-state index in [1.807, 2.05) is 6.20 Å². The molecule has 1 unspecified atom stereocenters. The van der Waals surface area contributed by atoms with Crippen molar-refractivity contribution in [2.45, 2.75) is 161 Å². The largest absolute Gasteiger partial charge is 0.261 e. The Hall–Kier alpha value is -0.850. The molecule has 0 radical (unpaired) electrons. The molecule has 0 N–H and O–H groups in total. The van der Waals surface area contributed by atoms with Gasteiger partial charge in [0.2, 0.25) is 0 Å². The Labute approximate surface area is 296 Å². The third-order valence-electron chi connectivity index (χ3n) is 9.17. The molecule has 7 heteroatoms. The number of hydrogen-bond donors (Lipinski definition) is 0. The summed E-state index contributed by atoms with van der Waals surface area (Å²) in [6, 6.07) is 4.67. The summed E-state index contributed by atoms with van der Waals surface area (Å²) >= 11 is 19.3. The number of aryl methyl sites for hydroxylation is 2. The van der Waals surface area contributed by atoms with Gasteiger partial charge in [0, 0.05) is 27.4 Å². The van der Waals surface area contributed by atoms with E-state index in [2.05, 4.69) is 41.1 Å². The van der Waals surface area contributed by atoms with Crippen LogP contribution in [0.1, 0.15) is 163 Å². The molecule has 1 atom stereocenters. The fourth-order valence-electron chi connectivity index (χ4n) is 6.43. The molecule has 0 bridgehead atoms. The molecule has 3 aromatic heterocycles. The van der Waals surface area contributed by atoms with E-state index in [1.54, 1.807) is 38.6 Å². The van der Waals surface area contributed by atoms with Gasteiger partial charge in [-0.3, -0.25) is 4.42 Å². The van der Waals surface area contributed by atoms with Crippen LogP contribution in [0.25, 0.3) is 11.3 Å². The molecule has 4 rings (SSSR count). The van der Waals surface area contributed by atoms with E-state index in [4.69, 9.17) is 23.4 Å². The van der Waals surface area contributed by atoms with E-state index < -0.39 is 5.50 Å². The molecule has 1 aliphatic heterocycles. The Morgan fingerprint density at radius 3 is 1.60 bits per heavy atom. The average molecular weight is 708 g/mol. The highest BCUT2D eigenvalue weighted by atomic mass is 35.5. The normalized spacial score (nSPS) is 14.9. The summed E-state index contributed by atoms with van der Waals surface area (Å²) in [5.41, 5.74) is 4.52. The zero-order valence-electron chi connectivity index (χ0n) is 27.9. The first-order valence-corrected chi connectivity index (χ1v) is 21.4. The quantitative estimate of drug-likeness (QED) is 0.0399. The van der Waals surface area contributed by atoms with Crippen LogP contribution in [0.3, 0.4) is 0 Å². The van der Waals surface area contributed by atoms with E-state index in [1.165, 1.54) is 154 Å². The van der Waals surface area contributed by atoms with Crippen LogP contribution in [0, 0.1) is 0 Å². The van der Waals surface area contributed by atoms with Crippen molar-refractivity contribution in [2.75, 3.05) is 0 Å². The van der Waals surface area contributed by atoms with Crippen molar-refractivity contribution in [1.29, 1.82) is 0 Å². The lowest BCUT2D eigenvalue weighted by Crippen LogP contribution is -2.40. The number of nitrogens with zero attached hydrogens (tertiary/aromatic N) is 2. The van der Waals surface area contributed by atoms with Gasteiger partial charge in [0.25, 0.3) is 0 Å². The highest BCUT2D eigenvalue weighted by Crippen LogP contribution is 2.37. The molecule has 0 aromatic carbocycles. The zero-order valence-corrected chi connectivity index (χ0v) is 31.9. The summed E-state index contributed by atoms with van der Waals surface area (Å²) in [6.07, 6.45) is 31.7. The lowest BCUT2D eigenvalue weighted by Gasteiger charge is -2.28. The Kier molecular flexibility index (Phi) is 17.4. The van der Waals surface area contributed by atoms with Crippen LogP contribution in [0.4, 0.5) is 0 Å². The fraction of sp³-hybridized carbons (Fsp3) is 0.658.